The molecule has 30 heavy (non-hydrogen) atoms. The van der Waals surface area contributed by atoms with Crippen LogP contribution in [-0.4, -0.2) is 52.7 Å². The van der Waals surface area contributed by atoms with Crippen molar-refractivity contribution in [2.75, 3.05) is 19.7 Å². The van der Waals surface area contributed by atoms with Crippen LogP contribution < -0.4 is 0 Å². The van der Waals surface area contributed by atoms with Gasteiger partial charge in [-0.3, -0.25) is 4.79 Å². The van der Waals surface area contributed by atoms with E-state index in [-0.39, 0.29) is 17.7 Å². The SMILES string of the molecule is O=C(O)c1cc(-c2ccc([C@@H]3CC34CCN(C(=O)C3CCCO3)CC4)cc2)ccn1. The Hall–Kier alpha value is -2.73. The van der Waals surface area contributed by atoms with Crippen molar-refractivity contribution in [3.63, 3.8) is 0 Å². The lowest BCUT2D eigenvalue weighted by atomic mass is 9.88. The highest BCUT2D eigenvalue weighted by molar-refractivity contribution is 5.87. The summed E-state index contributed by atoms with van der Waals surface area (Å²) in [6, 6.07) is 11.9. The van der Waals surface area contributed by atoms with E-state index in [1.807, 2.05) is 11.0 Å². The second-order valence-corrected chi connectivity index (χ2v) is 8.80. The minimum atomic E-state index is -1.02. The zero-order chi connectivity index (χ0) is 20.7. The molecule has 1 aliphatic carbocycles. The summed E-state index contributed by atoms with van der Waals surface area (Å²) in [5.41, 5.74) is 3.59. The van der Waals surface area contributed by atoms with E-state index in [1.165, 1.54) is 18.2 Å². The van der Waals surface area contributed by atoms with Gasteiger partial charge in [0.25, 0.3) is 5.91 Å². The van der Waals surface area contributed by atoms with E-state index >= 15 is 0 Å². The van der Waals surface area contributed by atoms with Crippen LogP contribution >= 0.6 is 0 Å². The van der Waals surface area contributed by atoms with Crippen molar-refractivity contribution in [1.29, 1.82) is 0 Å². The monoisotopic (exact) mass is 406 g/mol. The fourth-order valence-electron chi connectivity index (χ4n) is 5.16. The molecule has 2 aromatic rings. The number of aromatic nitrogens is 1. The Bertz CT molecular complexity index is 957. The van der Waals surface area contributed by atoms with Crippen LogP contribution in [0.15, 0.2) is 42.6 Å². The first-order valence-corrected chi connectivity index (χ1v) is 10.8. The normalized spacial score (nSPS) is 24.7. The highest BCUT2D eigenvalue weighted by Gasteiger charge is 2.55. The first-order chi connectivity index (χ1) is 14.6. The number of aromatic carboxylic acids is 1. The molecular formula is C24H26N2O4. The van der Waals surface area contributed by atoms with Crippen molar-refractivity contribution in [2.45, 2.75) is 44.1 Å². The number of pyridine rings is 1. The molecule has 0 bridgehead atoms. The molecule has 1 amide bonds. The predicted molar refractivity (Wildman–Crippen MR) is 111 cm³/mol. The lowest BCUT2D eigenvalue weighted by Crippen LogP contribution is -2.44. The molecule has 2 saturated heterocycles. The number of rotatable bonds is 4. The molecule has 1 unspecified atom stereocenters. The molecule has 2 atom stereocenters. The maximum Gasteiger partial charge on any atom is 0.354 e. The van der Waals surface area contributed by atoms with Gasteiger partial charge in [0.05, 0.1) is 0 Å². The van der Waals surface area contributed by atoms with E-state index in [0.717, 1.165) is 49.9 Å². The third-order valence-corrected chi connectivity index (χ3v) is 7.09. The van der Waals surface area contributed by atoms with Crippen LogP contribution in [0.1, 0.15) is 54.1 Å². The van der Waals surface area contributed by atoms with Crippen molar-refractivity contribution >= 4 is 11.9 Å². The molecule has 2 aliphatic heterocycles. The summed E-state index contributed by atoms with van der Waals surface area (Å²) in [7, 11) is 0. The standard InChI is InChI=1S/C24H26N2O4/c27-22(21-2-1-13-30-21)26-11-8-24(9-12-26)15-19(24)17-5-3-16(4-6-17)18-7-10-25-20(14-18)23(28)29/h3-7,10,14,19,21H,1-2,8-9,11-13,15H2,(H,28,29)/t19-,21?/m0/s1. The van der Waals surface area contributed by atoms with Gasteiger partial charge in [-0.25, -0.2) is 9.78 Å². The zero-order valence-corrected chi connectivity index (χ0v) is 16.9. The number of hydrogen-bond donors (Lipinski definition) is 1. The molecular weight excluding hydrogens is 380 g/mol. The second kappa shape index (κ2) is 7.51. The number of nitrogens with zero attached hydrogens (tertiary/aromatic N) is 2. The van der Waals surface area contributed by atoms with Gasteiger partial charge < -0.3 is 14.7 Å². The number of carboxylic acid groups (broad SMARTS) is 1. The Morgan fingerprint density at radius 3 is 2.53 bits per heavy atom. The molecule has 1 aromatic carbocycles. The van der Waals surface area contributed by atoms with Gasteiger partial charge in [0.1, 0.15) is 11.8 Å². The average Bonchev–Trinajstić information content (AvgIpc) is 3.20. The number of benzene rings is 1. The number of carboxylic acids is 1. The Morgan fingerprint density at radius 1 is 1.10 bits per heavy atom. The van der Waals surface area contributed by atoms with E-state index in [2.05, 4.69) is 29.2 Å². The number of hydrogen-bond acceptors (Lipinski definition) is 4. The maximum atomic E-state index is 12.6. The van der Waals surface area contributed by atoms with Crippen LogP contribution in [0, 0.1) is 5.41 Å². The van der Waals surface area contributed by atoms with Crippen LogP contribution in [0.5, 0.6) is 0 Å². The topological polar surface area (TPSA) is 79.7 Å². The Kier molecular flexibility index (Phi) is 4.82. The number of carbonyl (C=O) groups excluding carboxylic acids is 1. The van der Waals surface area contributed by atoms with E-state index < -0.39 is 5.97 Å². The number of ether oxygens (including phenoxy) is 1. The Balaban J connectivity index is 1.22. The molecule has 3 aliphatic rings. The molecule has 1 spiro atoms. The summed E-state index contributed by atoms with van der Waals surface area (Å²) < 4.78 is 5.57. The molecule has 5 rings (SSSR count). The maximum absolute atomic E-state index is 12.6. The van der Waals surface area contributed by atoms with Gasteiger partial charge in [-0.1, -0.05) is 24.3 Å². The Labute approximate surface area is 175 Å². The molecule has 0 radical (unpaired) electrons. The molecule has 156 valence electrons. The summed E-state index contributed by atoms with van der Waals surface area (Å²) in [4.78, 5) is 29.6. The van der Waals surface area contributed by atoms with Crippen molar-refractivity contribution in [1.82, 2.24) is 9.88 Å². The third-order valence-electron chi connectivity index (χ3n) is 7.09. The molecule has 1 N–H and O–H groups in total. The van der Waals surface area contributed by atoms with Gasteiger partial charge >= 0.3 is 5.97 Å². The van der Waals surface area contributed by atoms with Crippen molar-refractivity contribution in [3.8, 4) is 11.1 Å². The first kappa shape index (κ1) is 19.2. The average molecular weight is 406 g/mol. The molecule has 3 heterocycles. The summed E-state index contributed by atoms with van der Waals surface area (Å²) in [6.45, 7) is 2.38. The van der Waals surface area contributed by atoms with Crippen molar-refractivity contribution in [3.05, 3.63) is 53.9 Å². The third kappa shape index (κ3) is 3.49. The van der Waals surface area contributed by atoms with Crippen LogP contribution in [0.2, 0.25) is 0 Å². The molecule has 6 nitrogen and oxygen atoms in total. The smallest absolute Gasteiger partial charge is 0.354 e. The minimum absolute atomic E-state index is 0.0574. The lowest BCUT2D eigenvalue weighted by Gasteiger charge is -2.34. The van der Waals surface area contributed by atoms with Gasteiger partial charge in [0, 0.05) is 25.9 Å². The number of piperidine rings is 1. The van der Waals surface area contributed by atoms with Crippen LogP contribution in [0.25, 0.3) is 11.1 Å². The minimum Gasteiger partial charge on any atom is -0.477 e. The van der Waals surface area contributed by atoms with Crippen LogP contribution in [0.3, 0.4) is 0 Å². The van der Waals surface area contributed by atoms with Gasteiger partial charge in [0.15, 0.2) is 0 Å². The fourth-order valence-corrected chi connectivity index (χ4v) is 5.16. The van der Waals surface area contributed by atoms with Crippen LogP contribution in [-0.2, 0) is 9.53 Å². The summed E-state index contributed by atoms with van der Waals surface area (Å²) >= 11 is 0. The van der Waals surface area contributed by atoms with Gasteiger partial charge in [0.2, 0.25) is 0 Å². The van der Waals surface area contributed by atoms with E-state index in [9.17, 15) is 9.59 Å². The van der Waals surface area contributed by atoms with E-state index in [0.29, 0.717) is 17.9 Å². The van der Waals surface area contributed by atoms with Gasteiger partial charge in [-0.05, 0) is 72.3 Å². The zero-order valence-electron chi connectivity index (χ0n) is 16.9. The van der Waals surface area contributed by atoms with Crippen molar-refractivity contribution < 1.29 is 19.4 Å². The van der Waals surface area contributed by atoms with E-state index in [4.69, 9.17) is 9.84 Å². The summed E-state index contributed by atoms with van der Waals surface area (Å²) in [5.74, 6) is -0.279. The highest BCUT2D eigenvalue weighted by Crippen LogP contribution is 2.65. The summed E-state index contributed by atoms with van der Waals surface area (Å²) in [6.07, 6.45) is 6.48. The van der Waals surface area contributed by atoms with Crippen LogP contribution in [0.4, 0.5) is 0 Å². The van der Waals surface area contributed by atoms with Crippen molar-refractivity contribution in [2.24, 2.45) is 5.41 Å². The molecule has 1 saturated carbocycles. The number of amides is 1. The molecule has 6 heteroatoms. The quantitative estimate of drug-likeness (QED) is 0.837. The lowest BCUT2D eigenvalue weighted by molar-refractivity contribution is -0.142. The van der Waals surface area contributed by atoms with E-state index in [1.54, 1.807) is 6.07 Å². The Morgan fingerprint density at radius 2 is 1.87 bits per heavy atom. The second-order valence-electron chi connectivity index (χ2n) is 8.80. The number of likely N-dealkylation sites (tertiary alicyclic amines) is 1. The fraction of sp³-hybridized carbons (Fsp3) is 0.458. The first-order valence-electron chi connectivity index (χ1n) is 10.8. The highest BCUT2D eigenvalue weighted by atomic mass is 16.5. The largest absolute Gasteiger partial charge is 0.477 e. The number of carbonyl (C=O) groups is 2. The molecule has 3 fully saturated rings. The van der Waals surface area contributed by atoms with Gasteiger partial charge in [-0.2, -0.15) is 0 Å². The molecule has 1 aromatic heterocycles. The summed E-state index contributed by atoms with van der Waals surface area (Å²) in [5, 5.41) is 9.14. The predicted octanol–water partition coefficient (Wildman–Crippen LogP) is 3.72. The van der Waals surface area contributed by atoms with Gasteiger partial charge in [-0.15, -0.1) is 0 Å².